The van der Waals surface area contributed by atoms with Crippen LogP contribution in [0.1, 0.15) is 44.9 Å². The van der Waals surface area contributed by atoms with Gasteiger partial charge in [0.15, 0.2) is 0 Å². The van der Waals surface area contributed by atoms with Gasteiger partial charge in [0.25, 0.3) is 0 Å². The molecule has 87 valence electrons. The van der Waals surface area contributed by atoms with E-state index in [0.717, 1.165) is 44.8 Å². The highest BCUT2D eigenvalue weighted by atomic mass is 16.4. The summed E-state index contributed by atoms with van der Waals surface area (Å²) in [6.07, 6.45) is 9.05. The predicted molar refractivity (Wildman–Crippen MR) is 60.6 cm³/mol. The van der Waals surface area contributed by atoms with Crippen LogP contribution in [-0.4, -0.2) is 16.2 Å². The van der Waals surface area contributed by atoms with Crippen LogP contribution in [0.15, 0.2) is 12.3 Å². The van der Waals surface area contributed by atoms with Gasteiger partial charge in [-0.05, 0) is 31.8 Å². The van der Waals surface area contributed by atoms with E-state index in [1.165, 1.54) is 0 Å². The van der Waals surface area contributed by atoms with Crippen molar-refractivity contribution in [1.29, 1.82) is 0 Å². The Morgan fingerprint density at radius 3 is 2.40 bits per heavy atom. The average Bonchev–Trinajstić information content (AvgIpc) is 2.16. The van der Waals surface area contributed by atoms with Gasteiger partial charge in [-0.15, -0.1) is 0 Å². The number of aliphatic carboxylic acids is 1. The van der Waals surface area contributed by atoms with E-state index in [1.807, 2.05) is 0 Å². The van der Waals surface area contributed by atoms with Gasteiger partial charge in [0.2, 0.25) is 0 Å². The Bertz CT molecular complexity index is 187. The van der Waals surface area contributed by atoms with Crippen LogP contribution in [0, 0.1) is 12.8 Å². The first-order chi connectivity index (χ1) is 7.16. The second kappa shape index (κ2) is 9.56. The van der Waals surface area contributed by atoms with Crippen LogP contribution in [0.5, 0.6) is 0 Å². The van der Waals surface area contributed by atoms with Crippen molar-refractivity contribution >= 4 is 5.97 Å². The van der Waals surface area contributed by atoms with Gasteiger partial charge in [0, 0.05) is 6.42 Å². The van der Waals surface area contributed by atoms with Crippen LogP contribution < -0.4 is 0 Å². The van der Waals surface area contributed by atoms with E-state index in [4.69, 9.17) is 10.2 Å². The fraction of sp³-hybridized carbons (Fsp3) is 0.667. The molecule has 0 saturated carbocycles. The number of carbonyl (C=O) groups is 1. The SMILES string of the molecule is [CH2]C(C=CO)CCCCCCCC(=O)O. The normalized spacial score (nSPS) is 13.1. The molecule has 0 rings (SSSR count). The lowest BCUT2D eigenvalue weighted by molar-refractivity contribution is -0.137. The molecule has 1 radical (unpaired) electrons. The quantitative estimate of drug-likeness (QED) is 0.456. The van der Waals surface area contributed by atoms with Crippen molar-refractivity contribution in [2.24, 2.45) is 5.92 Å². The Labute approximate surface area is 91.8 Å². The minimum absolute atomic E-state index is 0.189. The molecule has 0 aliphatic heterocycles. The molecule has 0 amide bonds. The van der Waals surface area contributed by atoms with Crippen LogP contribution in [0.4, 0.5) is 0 Å². The van der Waals surface area contributed by atoms with Gasteiger partial charge in [0.05, 0.1) is 6.26 Å². The molecule has 0 aromatic rings. The Kier molecular flexibility index (Phi) is 8.93. The van der Waals surface area contributed by atoms with Gasteiger partial charge in [-0.3, -0.25) is 4.79 Å². The van der Waals surface area contributed by atoms with Crippen molar-refractivity contribution in [2.45, 2.75) is 44.9 Å². The number of hydrogen-bond donors (Lipinski definition) is 2. The van der Waals surface area contributed by atoms with Gasteiger partial charge < -0.3 is 10.2 Å². The van der Waals surface area contributed by atoms with Gasteiger partial charge in [-0.1, -0.05) is 25.7 Å². The topological polar surface area (TPSA) is 57.5 Å². The largest absolute Gasteiger partial charge is 0.516 e. The van der Waals surface area contributed by atoms with Crippen molar-refractivity contribution in [3.63, 3.8) is 0 Å². The van der Waals surface area contributed by atoms with E-state index in [9.17, 15) is 4.79 Å². The van der Waals surface area contributed by atoms with Crippen LogP contribution in [0.25, 0.3) is 0 Å². The maximum Gasteiger partial charge on any atom is 0.303 e. The molecule has 0 aliphatic rings. The molecule has 0 saturated heterocycles. The molecule has 0 fully saturated rings. The number of rotatable bonds is 9. The Morgan fingerprint density at radius 2 is 1.80 bits per heavy atom. The minimum atomic E-state index is -0.707. The summed E-state index contributed by atoms with van der Waals surface area (Å²) >= 11 is 0. The molecule has 1 unspecified atom stereocenters. The van der Waals surface area contributed by atoms with E-state index < -0.39 is 5.97 Å². The average molecular weight is 213 g/mol. The Hall–Kier alpha value is -0.990. The molecule has 0 bridgehead atoms. The maximum atomic E-state index is 10.2. The van der Waals surface area contributed by atoms with Crippen molar-refractivity contribution in [3.8, 4) is 0 Å². The van der Waals surface area contributed by atoms with Gasteiger partial charge in [-0.2, -0.15) is 0 Å². The third-order valence-electron chi connectivity index (χ3n) is 2.32. The monoisotopic (exact) mass is 213 g/mol. The standard InChI is InChI=1S/C12H21O3/c1-11(9-10-13)7-5-3-2-4-6-8-12(14)15/h9-11,13H,1-8H2,(H,14,15). The lowest BCUT2D eigenvalue weighted by Crippen LogP contribution is -1.94. The van der Waals surface area contributed by atoms with Crippen LogP contribution in [0.2, 0.25) is 0 Å². The smallest absolute Gasteiger partial charge is 0.303 e. The van der Waals surface area contributed by atoms with Gasteiger partial charge in [0.1, 0.15) is 0 Å². The van der Waals surface area contributed by atoms with E-state index in [1.54, 1.807) is 6.08 Å². The fourth-order valence-electron chi connectivity index (χ4n) is 1.43. The molecule has 15 heavy (non-hydrogen) atoms. The molecule has 0 aliphatic carbocycles. The lowest BCUT2D eigenvalue weighted by Gasteiger charge is -2.04. The zero-order valence-corrected chi connectivity index (χ0v) is 9.19. The second-order valence-corrected chi connectivity index (χ2v) is 3.80. The molecule has 1 atom stereocenters. The Morgan fingerprint density at radius 1 is 1.20 bits per heavy atom. The van der Waals surface area contributed by atoms with Crippen molar-refractivity contribution in [3.05, 3.63) is 19.3 Å². The van der Waals surface area contributed by atoms with E-state index >= 15 is 0 Å². The summed E-state index contributed by atoms with van der Waals surface area (Å²) in [5, 5.41) is 16.9. The molecular weight excluding hydrogens is 192 g/mol. The van der Waals surface area contributed by atoms with Crippen molar-refractivity contribution in [1.82, 2.24) is 0 Å². The molecule has 0 aromatic carbocycles. The van der Waals surface area contributed by atoms with Crippen LogP contribution in [0.3, 0.4) is 0 Å². The highest BCUT2D eigenvalue weighted by Gasteiger charge is 1.98. The zero-order valence-electron chi connectivity index (χ0n) is 9.19. The van der Waals surface area contributed by atoms with E-state index in [-0.39, 0.29) is 12.3 Å². The molecule has 0 heterocycles. The van der Waals surface area contributed by atoms with E-state index in [2.05, 4.69) is 6.92 Å². The summed E-state index contributed by atoms with van der Waals surface area (Å²) in [7, 11) is 0. The zero-order chi connectivity index (χ0) is 11.5. The Balaban J connectivity index is 3.14. The van der Waals surface area contributed by atoms with Crippen LogP contribution in [-0.2, 0) is 4.79 Å². The predicted octanol–water partition coefficient (Wildman–Crippen LogP) is 3.32. The summed E-state index contributed by atoms with van der Waals surface area (Å²) < 4.78 is 0. The maximum absolute atomic E-state index is 10.2. The van der Waals surface area contributed by atoms with Gasteiger partial charge in [-0.25, -0.2) is 0 Å². The number of aliphatic hydroxyl groups excluding tert-OH is 1. The first-order valence-electron chi connectivity index (χ1n) is 5.52. The lowest BCUT2D eigenvalue weighted by atomic mass is 10.0. The number of carboxylic acids is 1. The molecule has 3 heteroatoms. The molecule has 0 spiro atoms. The first-order valence-corrected chi connectivity index (χ1v) is 5.52. The number of unbranched alkanes of at least 4 members (excludes halogenated alkanes) is 4. The summed E-state index contributed by atoms with van der Waals surface area (Å²) in [6.45, 7) is 3.86. The summed E-state index contributed by atoms with van der Waals surface area (Å²) in [5.41, 5.74) is 0. The third kappa shape index (κ3) is 10.9. The first kappa shape index (κ1) is 14.0. The molecule has 3 nitrogen and oxygen atoms in total. The van der Waals surface area contributed by atoms with E-state index in [0.29, 0.717) is 0 Å². The third-order valence-corrected chi connectivity index (χ3v) is 2.32. The van der Waals surface area contributed by atoms with Crippen LogP contribution >= 0.6 is 0 Å². The van der Waals surface area contributed by atoms with Gasteiger partial charge >= 0.3 is 5.97 Å². The van der Waals surface area contributed by atoms with Crippen molar-refractivity contribution in [2.75, 3.05) is 0 Å². The second-order valence-electron chi connectivity index (χ2n) is 3.80. The minimum Gasteiger partial charge on any atom is -0.516 e. The summed E-state index contributed by atoms with van der Waals surface area (Å²) in [4.78, 5) is 10.2. The number of carboxylic acid groups (broad SMARTS) is 1. The molecular formula is C12H21O3. The highest BCUT2D eigenvalue weighted by molar-refractivity contribution is 5.66. The van der Waals surface area contributed by atoms with Crippen molar-refractivity contribution < 1.29 is 15.0 Å². The molecule has 2 N–H and O–H groups in total. The highest BCUT2D eigenvalue weighted by Crippen LogP contribution is 2.12. The molecule has 0 aromatic heterocycles. The summed E-state index contributed by atoms with van der Waals surface area (Å²) in [6, 6.07) is 0. The number of aliphatic hydroxyl groups is 1. The fourth-order valence-corrected chi connectivity index (χ4v) is 1.43. The number of allylic oxidation sites excluding steroid dienone is 1. The number of hydrogen-bond acceptors (Lipinski definition) is 2. The summed E-state index contributed by atoms with van der Waals surface area (Å²) in [5.74, 6) is -0.519.